The van der Waals surface area contributed by atoms with Crippen molar-refractivity contribution in [3.05, 3.63) is 0 Å². The Bertz CT molecular complexity index is 326. The normalized spacial score (nSPS) is 19.9. The van der Waals surface area contributed by atoms with Crippen molar-refractivity contribution in [2.24, 2.45) is 5.73 Å². The molecule has 1 aliphatic rings. The summed E-state index contributed by atoms with van der Waals surface area (Å²) in [4.78, 5) is 24.3. The van der Waals surface area contributed by atoms with Gasteiger partial charge in [-0.2, -0.15) is 0 Å². The number of rotatable bonds is 3. The molecule has 1 saturated heterocycles. The van der Waals surface area contributed by atoms with Crippen LogP contribution in [0.5, 0.6) is 0 Å². The minimum absolute atomic E-state index is 0.133. The summed E-state index contributed by atoms with van der Waals surface area (Å²) in [6, 6.07) is -1.07. The molecule has 1 heterocycles. The van der Waals surface area contributed by atoms with Gasteiger partial charge >= 0.3 is 12.1 Å². The third-order valence-corrected chi connectivity index (χ3v) is 2.85. The maximum absolute atomic E-state index is 11.9. The maximum Gasteiger partial charge on any atom is 0.410 e. The number of nitrogens with zero attached hydrogens (tertiary/aromatic N) is 1. The molecule has 2 unspecified atom stereocenters. The first-order valence-corrected chi connectivity index (χ1v) is 7.18. The molecule has 0 aromatic rings. The van der Waals surface area contributed by atoms with Gasteiger partial charge in [-0.25, -0.2) is 4.79 Å². The number of aliphatic carboxylic acids is 1. The summed E-state index contributed by atoms with van der Waals surface area (Å²) in [5.74, 6) is -1.04. The van der Waals surface area contributed by atoms with E-state index in [1.165, 1.54) is 0 Å². The van der Waals surface area contributed by atoms with Crippen molar-refractivity contribution in [1.82, 2.24) is 4.90 Å². The van der Waals surface area contributed by atoms with Gasteiger partial charge in [-0.05, 0) is 40.0 Å². The summed E-state index contributed by atoms with van der Waals surface area (Å²) in [7, 11) is 0. The minimum Gasteiger partial charge on any atom is -0.480 e. The lowest BCUT2D eigenvalue weighted by Gasteiger charge is -2.29. The van der Waals surface area contributed by atoms with Crippen LogP contribution < -0.4 is 5.73 Å². The highest BCUT2D eigenvalue weighted by Gasteiger charge is 2.34. The second-order valence-corrected chi connectivity index (χ2v) is 5.65. The number of carbonyl (C=O) groups excluding carboxylic acids is 1. The van der Waals surface area contributed by atoms with Gasteiger partial charge in [0.2, 0.25) is 0 Å². The van der Waals surface area contributed by atoms with E-state index in [0.29, 0.717) is 6.54 Å². The lowest BCUT2D eigenvalue weighted by molar-refractivity contribution is -0.139. The monoisotopic (exact) mass is 288 g/mol. The zero-order valence-corrected chi connectivity index (χ0v) is 13.2. The largest absolute Gasteiger partial charge is 0.480 e. The number of hydrogen-bond acceptors (Lipinski definition) is 4. The van der Waals surface area contributed by atoms with Crippen LogP contribution in [0.25, 0.3) is 0 Å². The Balaban J connectivity index is 0.00000172. The number of carbonyl (C=O) groups is 2. The molecule has 0 radical (unpaired) electrons. The molecule has 0 aromatic heterocycles. The van der Waals surface area contributed by atoms with Gasteiger partial charge in [0.25, 0.3) is 0 Å². The van der Waals surface area contributed by atoms with E-state index in [1.54, 1.807) is 25.7 Å². The van der Waals surface area contributed by atoms with Gasteiger partial charge in [0, 0.05) is 12.6 Å². The summed E-state index contributed by atoms with van der Waals surface area (Å²) in [5, 5.41) is 8.79. The first-order chi connectivity index (χ1) is 9.20. The molecule has 1 fully saturated rings. The van der Waals surface area contributed by atoms with E-state index in [2.05, 4.69) is 0 Å². The molecule has 0 saturated carbocycles. The molecule has 1 rings (SSSR count). The van der Waals surface area contributed by atoms with Gasteiger partial charge in [0.1, 0.15) is 11.6 Å². The molecule has 6 nitrogen and oxygen atoms in total. The Morgan fingerprint density at radius 2 is 1.95 bits per heavy atom. The van der Waals surface area contributed by atoms with E-state index in [-0.39, 0.29) is 18.6 Å². The van der Waals surface area contributed by atoms with Gasteiger partial charge in [0.05, 0.1) is 0 Å². The van der Waals surface area contributed by atoms with Gasteiger partial charge < -0.3 is 20.5 Å². The third kappa shape index (κ3) is 6.23. The van der Waals surface area contributed by atoms with Crippen LogP contribution in [0, 0.1) is 0 Å². The summed E-state index contributed by atoms with van der Waals surface area (Å²) >= 11 is 0. The average molecular weight is 288 g/mol. The van der Waals surface area contributed by atoms with Crippen molar-refractivity contribution in [3.63, 3.8) is 0 Å². The fraction of sp³-hybridized carbons (Fsp3) is 0.857. The number of likely N-dealkylation sites (tertiary alicyclic amines) is 1. The van der Waals surface area contributed by atoms with E-state index in [0.717, 1.165) is 12.8 Å². The molecular weight excluding hydrogens is 260 g/mol. The molecule has 20 heavy (non-hydrogen) atoms. The van der Waals surface area contributed by atoms with Crippen molar-refractivity contribution in [1.29, 1.82) is 0 Å². The minimum atomic E-state index is -1.04. The average Bonchev–Trinajstić information content (AvgIpc) is 2.77. The smallest absolute Gasteiger partial charge is 0.410 e. The molecule has 0 bridgehead atoms. The van der Waals surface area contributed by atoms with Crippen molar-refractivity contribution in [2.75, 3.05) is 6.54 Å². The van der Waals surface area contributed by atoms with Crippen LogP contribution in [0.1, 0.15) is 53.9 Å². The van der Waals surface area contributed by atoms with Crippen molar-refractivity contribution >= 4 is 12.1 Å². The van der Waals surface area contributed by atoms with Gasteiger partial charge in [0.15, 0.2) is 0 Å². The highest BCUT2D eigenvalue weighted by molar-refractivity contribution is 5.73. The van der Waals surface area contributed by atoms with E-state index in [4.69, 9.17) is 15.6 Å². The molecule has 0 aromatic carbocycles. The van der Waals surface area contributed by atoms with E-state index < -0.39 is 17.6 Å². The first kappa shape index (κ1) is 18.7. The predicted octanol–water partition coefficient (Wildman–Crippen LogP) is 2.21. The fourth-order valence-corrected chi connectivity index (χ4v) is 2.04. The SMILES string of the molecule is CC.CC(C)(C)OC(=O)N1CCCC1CC(N)C(=O)O. The molecular formula is C14H28N2O4. The van der Waals surface area contributed by atoms with Crippen molar-refractivity contribution in [2.45, 2.75) is 71.6 Å². The second-order valence-electron chi connectivity index (χ2n) is 5.65. The summed E-state index contributed by atoms with van der Waals surface area (Å²) in [6.07, 6.45) is 1.52. The van der Waals surface area contributed by atoms with Crippen LogP contribution in [0.4, 0.5) is 4.79 Å². The standard InChI is InChI=1S/C12H22N2O4.C2H6/c1-12(2,3)18-11(17)14-6-4-5-8(14)7-9(13)10(15)16;1-2/h8-9H,4-7,13H2,1-3H3,(H,15,16);1-2H3. The van der Waals surface area contributed by atoms with Gasteiger partial charge in [-0.15, -0.1) is 0 Å². The fourth-order valence-electron chi connectivity index (χ4n) is 2.04. The molecule has 0 spiro atoms. The van der Waals surface area contributed by atoms with Crippen LogP contribution in [-0.4, -0.2) is 46.3 Å². The Hall–Kier alpha value is -1.30. The Morgan fingerprint density at radius 1 is 1.40 bits per heavy atom. The number of carboxylic acids is 1. The number of amides is 1. The number of carboxylic acid groups (broad SMARTS) is 1. The highest BCUT2D eigenvalue weighted by atomic mass is 16.6. The topological polar surface area (TPSA) is 92.9 Å². The van der Waals surface area contributed by atoms with Gasteiger partial charge in [-0.3, -0.25) is 4.79 Å². The molecule has 1 aliphatic heterocycles. The van der Waals surface area contributed by atoms with Crippen LogP contribution in [-0.2, 0) is 9.53 Å². The van der Waals surface area contributed by atoms with E-state index >= 15 is 0 Å². The summed E-state index contributed by atoms with van der Waals surface area (Å²) in [5.41, 5.74) is 4.97. The number of hydrogen-bond donors (Lipinski definition) is 2. The molecule has 3 N–H and O–H groups in total. The van der Waals surface area contributed by atoms with Crippen LogP contribution in [0.3, 0.4) is 0 Å². The summed E-state index contributed by atoms with van der Waals surface area (Å²) < 4.78 is 5.29. The first-order valence-electron chi connectivity index (χ1n) is 7.18. The predicted molar refractivity (Wildman–Crippen MR) is 77.5 cm³/mol. The van der Waals surface area contributed by atoms with E-state index in [9.17, 15) is 9.59 Å². The maximum atomic E-state index is 11.9. The van der Waals surface area contributed by atoms with Crippen LogP contribution in [0.15, 0.2) is 0 Å². The zero-order valence-electron chi connectivity index (χ0n) is 13.2. The number of ether oxygens (including phenoxy) is 1. The highest BCUT2D eigenvalue weighted by Crippen LogP contribution is 2.23. The molecule has 118 valence electrons. The zero-order chi connectivity index (χ0) is 15.9. The lowest BCUT2D eigenvalue weighted by atomic mass is 10.1. The van der Waals surface area contributed by atoms with E-state index in [1.807, 2.05) is 13.8 Å². The molecule has 0 aliphatic carbocycles. The van der Waals surface area contributed by atoms with Crippen LogP contribution >= 0.6 is 0 Å². The van der Waals surface area contributed by atoms with Gasteiger partial charge in [-0.1, -0.05) is 13.8 Å². The Morgan fingerprint density at radius 3 is 2.40 bits per heavy atom. The second kappa shape index (κ2) is 8.09. The number of nitrogens with two attached hydrogens (primary N) is 1. The lowest BCUT2D eigenvalue weighted by Crippen LogP contribution is -2.43. The van der Waals surface area contributed by atoms with Crippen molar-refractivity contribution in [3.8, 4) is 0 Å². The third-order valence-electron chi connectivity index (χ3n) is 2.85. The quantitative estimate of drug-likeness (QED) is 0.830. The summed E-state index contributed by atoms with van der Waals surface area (Å²) in [6.45, 7) is 10.0. The van der Waals surface area contributed by atoms with Crippen LogP contribution in [0.2, 0.25) is 0 Å². The molecule has 1 amide bonds. The van der Waals surface area contributed by atoms with Crippen molar-refractivity contribution < 1.29 is 19.4 Å². The Labute approximate surface area is 121 Å². The molecule has 6 heteroatoms. The Kier molecular flexibility index (Phi) is 7.57. The molecule has 2 atom stereocenters.